The van der Waals surface area contributed by atoms with E-state index in [9.17, 15) is 19.5 Å². The Morgan fingerprint density at radius 2 is 1.37 bits per heavy atom. The quantitative estimate of drug-likeness (QED) is 0.140. The first-order valence-electron chi connectivity index (χ1n) is 13.2. The molecule has 0 aromatic carbocycles. The molecule has 0 aliphatic carbocycles. The van der Waals surface area contributed by atoms with Gasteiger partial charge >= 0.3 is 35.0 Å². The van der Waals surface area contributed by atoms with Crippen molar-refractivity contribution in [3.05, 3.63) is 79.0 Å². The van der Waals surface area contributed by atoms with Crippen molar-refractivity contribution in [2.45, 2.75) is 53.1 Å². The molecule has 5 rings (SSSR count). The van der Waals surface area contributed by atoms with Crippen molar-refractivity contribution >= 4 is 52.1 Å². The van der Waals surface area contributed by atoms with Gasteiger partial charge in [-0.15, -0.1) is 0 Å². The number of ether oxygens (including phenoxy) is 3. The van der Waals surface area contributed by atoms with Crippen LogP contribution in [0, 0.1) is 7.43 Å². The van der Waals surface area contributed by atoms with E-state index in [0.29, 0.717) is 41.5 Å². The van der Waals surface area contributed by atoms with Crippen LogP contribution in [0.15, 0.2) is 49.1 Å². The molecule has 4 aromatic heterocycles. The Hall–Kier alpha value is -2.84. The van der Waals surface area contributed by atoms with Gasteiger partial charge in [0.1, 0.15) is 11.3 Å². The minimum atomic E-state index is -0.933. The Morgan fingerprint density at radius 3 is 1.77 bits per heavy atom. The van der Waals surface area contributed by atoms with Gasteiger partial charge in [0, 0.05) is 31.2 Å². The third-order valence-electron chi connectivity index (χ3n) is 5.94. The molecule has 0 bridgehead atoms. The van der Waals surface area contributed by atoms with E-state index in [2.05, 4.69) is 9.97 Å². The fourth-order valence-electron chi connectivity index (χ4n) is 3.78. The monoisotopic (exact) mass is 670 g/mol. The van der Waals surface area contributed by atoms with Gasteiger partial charge in [-0.05, 0) is 77.3 Å². The van der Waals surface area contributed by atoms with Crippen LogP contribution in [0.4, 0.5) is 0 Å². The Kier molecular flexibility index (Phi) is 17.5. The molecule has 13 heteroatoms. The summed E-state index contributed by atoms with van der Waals surface area (Å²) in [4.78, 5) is 42.7. The number of hydrogen-bond donors (Lipinski definition) is 1. The third-order valence-corrected chi connectivity index (χ3v) is 5.94. The predicted molar refractivity (Wildman–Crippen MR) is 160 cm³/mol. The van der Waals surface area contributed by atoms with Crippen molar-refractivity contribution < 1.29 is 50.7 Å². The van der Waals surface area contributed by atoms with E-state index >= 15 is 0 Å². The largest absolute Gasteiger partial charge is 2.00 e. The van der Waals surface area contributed by atoms with Crippen LogP contribution in [0.2, 0.25) is 0 Å². The molecule has 230 valence electrons. The van der Waals surface area contributed by atoms with Crippen LogP contribution in [-0.2, 0) is 19.8 Å². The van der Waals surface area contributed by atoms with Crippen molar-refractivity contribution in [1.29, 1.82) is 0 Å². The second kappa shape index (κ2) is 18.7. The molecule has 4 aromatic rings. The first-order chi connectivity index (χ1) is 19.1. The van der Waals surface area contributed by atoms with E-state index in [4.69, 9.17) is 14.2 Å². The standard InChI is InChI=1S/C13H16N2O3.C12H12N2O3.C4H8O.CH3.BrH.Mg/c1-4-18-12(16)10-8-14-11-7-9(13(2,3)17)5-6-15(10)11;1-3-17-12(16)10-7-13-11-6-9(8(2)15)4-5-14(10)11;1-2-4-5-3-1;;;/h5-8,17H,4H2,1-3H3;4-7H,3H2,1-2H3;1-4H2;1H3;1H;/q;;;-1;;+2/p-1. The minimum Gasteiger partial charge on any atom is -1.00 e. The van der Waals surface area contributed by atoms with Crippen LogP contribution >= 0.6 is 0 Å². The molecule has 1 saturated heterocycles. The normalized spacial score (nSPS) is 11.9. The molecular formula is C30H39BrMgN4O7. The average Bonchev–Trinajstić information content (AvgIpc) is 3.70. The number of aliphatic hydroxyl groups is 1. The number of pyridine rings is 2. The van der Waals surface area contributed by atoms with Gasteiger partial charge in [-0.3, -0.25) is 13.6 Å². The van der Waals surface area contributed by atoms with E-state index in [1.165, 1.54) is 32.2 Å². The number of halogens is 1. The molecule has 11 nitrogen and oxygen atoms in total. The number of ketones is 1. The number of nitrogens with zero attached hydrogens (tertiary/aromatic N) is 4. The zero-order chi connectivity index (χ0) is 29.3. The van der Waals surface area contributed by atoms with Gasteiger partial charge in [-0.1, -0.05) is 0 Å². The summed E-state index contributed by atoms with van der Waals surface area (Å²) in [5, 5.41) is 9.92. The van der Waals surface area contributed by atoms with Gasteiger partial charge in [-0.2, -0.15) is 0 Å². The number of carbonyl (C=O) groups is 3. The zero-order valence-electron chi connectivity index (χ0n) is 25.6. The third kappa shape index (κ3) is 11.0. The topological polar surface area (TPSA) is 134 Å². The van der Waals surface area contributed by atoms with Crippen LogP contribution in [0.1, 0.15) is 84.4 Å². The predicted octanol–water partition coefficient (Wildman–Crippen LogP) is 1.32. The van der Waals surface area contributed by atoms with Crippen LogP contribution in [-0.4, -0.2) is 91.1 Å². The molecule has 5 heterocycles. The van der Waals surface area contributed by atoms with Crippen molar-refractivity contribution in [3.8, 4) is 0 Å². The number of fused-ring (bicyclic) bond motifs is 2. The molecule has 0 radical (unpaired) electrons. The van der Waals surface area contributed by atoms with Gasteiger partial charge in [0.05, 0.1) is 31.2 Å². The summed E-state index contributed by atoms with van der Waals surface area (Å²) >= 11 is 0. The van der Waals surface area contributed by atoms with E-state index in [0.717, 1.165) is 18.8 Å². The fourth-order valence-corrected chi connectivity index (χ4v) is 3.78. The van der Waals surface area contributed by atoms with E-state index in [1.807, 2.05) is 0 Å². The van der Waals surface area contributed by atoms with E-state index < -0.39 is 17.5 Å². The Labute approximate surface area is 278 Å². The minimum absolute atomic E-state index is 0. The molecule has 0 unspecified atom stereocenters. The summed E-state index contributed by atoms with van der Waals surface area (Å²) in [6.07, 6.45) is 8.83. The summed E-state index contributed by atoms with van der Waals surface area (Å²) in [5.74, 6) is -0.857. The average molecular weight is 672 g/mol. The maximum Gasteiger partial charge on any atom is 2.00 e. The smallest absolute Gasteiger partial charge is 1.00 e. The SMILES string of the molecule is C1CCOC1.CCOC(=O)c1cnc2cc(C(C)(C)O)ccn12.CCOC(=O)c1cnc2cc(C(C)=O)ccn12.[Br-].[CH3-].[Mg+2]. The molecule has 0 spiro atoms. The number of esters is 2. The first-order valence-corrected chi connectivity index (χ1v) is 13.2. The van der Waals surface area contributed by atoms with Crippen LogP contribution in [0.25, 0.3) is 11.3 Å². The Bertz CT molecular complexity index is 1470. The van der Waals surface area contributed by atoms with Gasteiger partial charge in [-0.25, -0.2) is 19.6 Å². The number of aromatic nitrogens is 4. The number of hydrogen-bond acceptors (Lipinski definition) is 9. The number of Topliss-reactive ketones (excluding diaryl/α,β-unsaturated/α-hetero) is 1. The number of carbonyl (C=O) groups excluding carboxylic acids is 3. The van der Waals surface area contributed by atoms with Crippen LogP contribution in [0.5, 0.6) is 0 Å². The molecule has 0 amide bonds. The summed E-state index contributed by atoms with van der Waals surface area (Å²) in [7, 11) is 0. The van der Waals surface area contributed by atoms with E-state index in [1.54, 1.807) is 73.2 Å². The van der Waals surface area contributed by atoms with Crippen LogP contribution in [0.3, 0.4) is 0 Å². The van der Waals surface area contributed by atoms with Gasteiger partial charge < -0.3 is 43.7 Å². The molecule has 1 aliphatic rings. The molecule has 0 atom stereocenters. The number of rotatable bonds is 6. The van der Waals surface area contributed by atoms with Crippen molar-refractivity contribution in [1.82, 2.24) is 18.8 Å². The van der Waals surface area contributed by atoms with E-state index in [-0.39, 0.29) is 53.2 Å². The summed E-state index contributed by atoms with van der Waals surface area (Å²) in [6, 6.07) is 6.81. The summed E-state index contributed by atoms with van der Waals surface area (Å²) in [5.41, 5.74) is 2.29. The van der Waals surface area contributed by atoms with Gasteiger partial charge in [0.25, 0.3) is 0 Å². The molecule has 1 aliphatic heterocycles. The van der Waals surface area contributed by atoms with Crippen molar-refractivity contribution in [2.24, 2.45) is 0 Å². The van der Waals surface area contributed by atoms with Gasteiger partial charge in [0.2, 0.25) is 0 Å². The summed E-state index contributed by atoms with van der Waals surface area (Å²) in [6.45, 7) is 11.0. The first kappa shape index (κ1) is 40.2. The van der Waals surface area contributed by atoms with Crippen molar-refractivity contribution in [3.63, 3.8) is 0 Å². The molecule has 1 fully saturated rings. The maximum atomic E-state index is 11.7. The second-order valence-electron chi connectivity index (χ2n) is 9.45. The Balaban J connectivity index is 0.000000665. The maximum absolute atomic E-state index is 11.7. The number of imidazole rings is 2. The van der Waals surface area contributed by atoms with Crippen LogP contribution < -0.4 is 17.0 Å². The van der Waals surface area contributed by atoms with Gasteiger partial charge in [0.15, 0.2) is 17.2 Å². The molecule has 0 saturated carbocycles. The molecule has 1 N–H and O–H groups in total. The zero-order valence-corrected chi connectivity index (χ0v) is 28.6. The Morgan fingerprint density at radius 1 is 0.907 bits per heavy atom. The second-order valence-corrected chi connectivity index (χ2v) is 9.45. The molecule has 43 heavy (non-hydrogen) atoms. The summed E-state index contributed by atoms with van der Waals surface area (Å²) < 4.78 is 18.0. The fraction of sp³-hybridized carbons (Fsp3) is 0.400. The van der Waals surface area contributed by atoms with Crippen molar-refractivity contribution in [2.75, 3.05) is 26.4 Å². The molecular weight excluding hydrogens is 633 g/mol.